The second-order valence-corrected chi connectivity index (χ2v) is 5.09. The van der Waals surface area contributed by atoms with Crippen LogP contribution in [0.25, 0.3) is 0 Å². The molecule has 1 aromatic heterocycles. The lowest BCUT2D eigenvalue weighted by Gasteiger charge is -2.32. The molecule has 3 N–H and O–H groups in total. The molecule has 0 saturated heterocycles. The first-order valence-corrected chi connectivity index (χ1v) is 5.97. The van der Waals surface area contributed by atoms with E-state index in [0.29, 0.717) is 11.7 Å². The average molecular weight is 220 g/mol. The van der Waals surface area contributed by atoms with Gasteiger partial charge in [-0.1, -0.05) is 13.8 Å². The molecule has 1 aliphatic carbocycles. The summed E-state index contributed by atoms with van der Waals surface area (Å²) < 4.78 is 0. The number of nitrogen functional groups attached to an aromatic ring is 1. The molecule has 2 unspecified atom stereocenters. The molecular formula is C12H20N4. The smallest absolute Gasteiger partial charge is 0.152 e. The maximum absolute atomic E-state index is 5.82. The van der Waals surface area contributed by atoms with Crippen LogP contribution in [-0.4, -0.2) is 16.0 Å². The molecule has 0 amide bonds. The van der Waals surface area contributed by atoms with Gasteiger partial charge in [0.2, 0.25) is 0 Å². The van der Waals surface area contributed by atoms with Crippen LogP contribution in [0.3, 0.4) is 0 Å². The monoisotopic (exact) mass is 220 g/mol. The third-order valence-electron chi connectivity index (χ3n) is 3.26. The van der Waals surface area contributed by atoms with Crippen molar-refractivity contribution in [1.29, 1.82) is 0 Å². The van der Waals surface area contributed by atoms with Crippen molar-refractivity contribution < 1.29 is 0 Å². The summed E-state index contributed by atoms with van der Waals surface area (Å²) in [6.07, 6.45) is 6.92. The van der Waals surface area contributed by atoms with E-state index in [2.05, 4.69) is 29.1 Å². The summed E-state index contributed by atoms with van der Waals surface area (Å²) in [5, 5.41) is 3.43. The summed E-state index contributed by atoms with van der Waals surface area (Å²) >= 11 is 0. The highest BCUT2D eigenvalue weighted by atomic mass is 15.1. The lowest BCUT2D eigenvalue weighted by atomic mass is 9.80. The highest BCUT2D eigenvalue weighted by Crippen LogP contribution is 2.30. The van der Waals surface area contributed by atoms with E-state index >= 15 is 0 Å². The van der Waals surface area contributed by atoms with Crippen LogP contribution in [0.15, 0.2) is 12.5 Å². The predicted molar refractivity (Wildman–Crippen MR) is 66.0 cm³/mol. The fourth-order valence-corrected chi connectivity index (χ4v) is 2.72. The summed E-state index contributed by atoms with van der Waals surface area (Å²) in [4.78, 5) is 8.07. The first-order valence-electron chi connectivity index (χ1n) is 5.97. The van der Waals surface area contributed by atoms with Crippen LogP contribution in [0.5, 0.6) is 0 Å². The zero-order chi connectivity index (χ0) is 11.5. The van der Waals surface area contributed by atoms with E-state index in [1.807, 2.05) is 0 Å². The number of nitrogens with one attached hydrogen (secondary N) is 1. The largest absolute Gasteiger partial charge is 0.394 e. The van der Waals surface area contributed by atoms with E-state index in [1.54, 1.807) is 6.20 Å². The third-order valence-corrected chi connectivity index (χ3v) is 3.26. The molecule has 0 spiro atoms. The standard InChI is InChI=1S/C12H20N4/c1-8-3-9(2)5-10(4-8)16-12-11(13)6-14-7-15-12/h6-10H,3-5,13H2,1-2H3,(H,14,15,16). The fraction of sp³-hybridized carbons (Fsp3) is 0.667. The molecule has 0 bridgehead atoms. The van der Waals surface area contributed by atoms with Crippen LogP contribution >= 0.6 is 0 Å². The first kappa shape index (κ1) is 11.2. The van der Waals surface area contributed by atoms with Gasteiger partial charge < -0.3 is 11.1 Å². The molecule has 2 atom stereocenters. The molecule has 1 heterocycles. The minimum absolute atomic E-state index is 0.496. The Morgan fingerprint density at radius 3 is 2.56 bits per heavy atom. The molecule has 1 fully saturated rings. The average Bonchev–Trinajstić information content (AvgIpc) is 2.20. The number of hydrogen-bond acceptors (Lipinski definition) is 4. The summed E-state index contributed by atoms with van der Waals surface area (Å²) in [5.74, 6) is 2.34. The van der Waals surface area contributed by atoms with E-state index in [9.17, 15) is 0 Å². The molecule has 88 valence electrons. The predicted octanol–water partition coefficient (Wildman–Crippen LogP) is 2.30. The Hall–Kier alpha value is -1.32. The molecule has 1 aromatic rings. The Bertz CT molecular complexity index is 343. The van der Waals surface area contributed by atoms with Gasteiger partial charge in [-0.3, -0.25) is 0 Å². The Morgan fingerprint density at radius 1 is 1.25 bits per heavy atom. The van der Waals surface area contributed by atoms with E-state index in [1.165, 1.54) is 25.6 Å². The van der Waals surface area contributed by atoms with Gasteiger partial charge in [0.05, 0.1) is 11.9 Å². The van der Waals surface area contributed by atoms with Crippen molar-refractivity contribution in [3.05, 3.63) is 12.5 Å². The Labute approximate surface area is 96.7 Å². The molecular weight excluding hydrogens is 200 g/mol. The Morgan fingerprint density at radius 2 is 1.94 bits per heavy atom. The van der Waals surface area contributed by atoms with Gasteiger partial charge in [-0.15, -0.1) is 0 Å². The minimum atomic E-state index is 0.496. The van der Waals surface area contributed by atoms with E-state index in [-0.39, 0.29) is 0 Å². The molecule has 1 aliphatic rings. The van der Waals surface area contributed by atoms with E-state index < -0.39 is 0 Å². The van der Waals surface area contributed by atoms with Crippen LogP contribution in [-0.2, 0) is 0 Å². The summed E-state index contributed by atoms with van der Waals surface area (Å²) in [5.41, 5.74) is 6.45. The third kappa shape index (κ3) is 2.62. The SMILES string of the molecule is CC1CC(C)CC(Nc2ncncc2N)C1. The molecule has 4 nitrogen and oxygen atoms in total. The number of nitrogens with zero attached hydrogens (tertiary/aromatic N) is 2. The van der Waals surface area contributed by atoms with Gasteiger partial charge in [0.15, 0.2) is 5.82 Å². The summed E-state index contributed by atoms with van der Waals surface area (Å²) in [7, 11) is 0. The van der Waals surface area contributed by atoms with E-state index in [4.69, 9.17) is 5.73 Å². The molecule has 16 heavy (non-hydrogen) atoms. The number of aromatic nitrogens is 2. The molecule has 4 heteroatoms. The first-order chi connectivity index (χ1) is 7.65. The van der Waals surface area contributed by atoms with Crippen molar-refractivity contribution in [2.75, 3.05) is 11.1 Å². The van der Waals surface area contributed by atoms with Gasteiger partial charge >= 0.3 is 0 Å². The second kappa shape index (κ2) is 4.68. The fourth-order valence-electron chi connectivity index (χ4n) is 2.72. The maximum Gasteiger partial charge on any atom is 0.152 e. The highest BCUT2D eigenvalue weighted by Gasteiger charge is 2.24. The summed E-state index contributed by atoms with van der Waals surface area (Å²) in [6, 6.07) is 0.496. The number of anilines is 2. The van der Waals surface area contributed by atoms with E-state index in [0.717, 1.165) is 17.7 Å². The van der Waals surface area contributed by atoms with Crippen LogP contribution in [0.1, 0.15) is 33.1 Å². The summed E-state index contributed by atoms with van der Waals surface area (Å²) in [6.45, 7) is 4.63. The van der Waals surface area contributed by atoms with Crippen molar-refractivity contribution in [1.82, 2.24) is 9.97 Å². The van der Waals surface area contributed by atoms with Crippen LogP contribution in [0, 0.1) is 11.8 Å². The quantitative estimate of drug-likeness (QED) is 0.802. The molecule has 2 rings (SSSR count). The number of rotatable bonds is 2. The lowest BCUT2D eigenvalue weighted by molar-refractivity contribution is 0.280. The normalized spacial score (nSPS) is 30.0. The molecule has 0 aromatic carbocycles. The number of nitrogens with two attached hydrogens (primary N) is 1. The van der Waals surface area contributed by atoms with Gasteiger partial charge in [-0.25, -0.2) is 9.97 Å². The van der Waals surface area contributed by atoms with Gasteiger partial charge in [0.1, 0.15) is 6.33 Å². The lowest BCUT2D eigenvalue weighted by Crippen LogP contribution is -2.30. The van der Waals surface area contributed by atoms with Crippen molar-refractivity contribution in [3.63, 3.8) is 0 Å². The Balaban J connectivity index is 2.02. The van der Waals surface area contributed by atoms with Gasteiger partial charge in [-0.05, 0) is 31.1 Å². The molecule has 0 aliphatic heterocycles. The molecule has 1 saturated carbocycles. The van der Waals surface area contributed by atoms with Crippen molar-refractivity contribution in [2.24, 2.45) is 11.8 Å². The van der Waals surface area contributed by atoms with Gasteiger partial charge in [-0.2, -0.15) is 0 Å². The zero-order valence-corrected chi connectivity index (χ0v) is 9.98. The second-order valence-electron chi connectivity index (χ2n) is 5.09. The number of hydrogen-bond donors (Lipinski definition) is 2. The van der Waals surface area contributed by atoms with Gasteiger partial charge in [0.25, 0.3) is 0 Å². The van der Waals surface area contributed by atoms with Crippen molar-refractivity contribution in [2.45, 2.75) is 39.2 Å². The van der Waals surface area contributed by atoms with Crippen molar-refractivity contribution in [3.8, 4) is 0 Å². The molecule has 0 radical (unpaired) electrons. The highest BCUT2D eigenvalue weighted by molar-refractivity contribution is 5.59. The van der Waals surface area contributed by atoms with Gasteiger partial charge in [0, 0.05) is 6.04 Å². The Kier molecular flexibility index (Phi) is 3.27. The zero-order valence-electron chi connectivity index (χ0n) is 9.98. The van der Waals surface area contributed by atoms with Crippen LogP contribution in [0.4, 0.5) is 11.5 Å². The maximum atomic E-state index is 5.82. The van der Waals surface area contributed by atoms with Crippen LogP contribution in [0.2, 0.25) is 0 Å². The minimum Gasteiger partial charge on any atom is -0.394 e. The van der Waals surface area contributed by atoms with Crippen molar-refractivity contribution >= 4 is 11.5 Å². The van der Waals surface area contributed by atoms with Crippen LogP contribution < -0.4 is 11.1 Å². The topological polar surface area (TPSA) is 63.8 Å².